The van der Waals surface area contributed by atoms with Crippen LogP contribution in [0.3, 0.4) is 0 Å². The Bertz CT molecular complexity index is 933. The largest absolute Gasteiger partial charge is 0.481 e. The van der Waals surface area contributed by atoms with E-state index in [0.717, 1.165) is 33.4 Å². The normalized spacial score (nSPS) is 20.8. The van der Waals surface area contributed by atoms with E-state index in [1.54, 1.807) is 23.5 Å². The topological polar surface area (TPSA) is 74.6 Å². The van der Waals surface area contributed by atoms with Gasteiger partial charge in [-0.1, -0.05) is 48.1 Å². The molecule has 29 heavy (non-hydrogen) atoms. The minimum absolute atomic E-state index is 0.0755. The first-order valence-corrected chi connectivity index (χ1v) is 10.7. The van der Waals surface area contributed by atoms with Crippen LogP contribution in [-0.4, -0.2) is 22.0 Å². The Morgan fingerprint density at radius 1 is 1.28 bits per heavy atom. The maximum atomic E-state index is 12.4. The molecular formula is C24H26O4S. The van der Waals surface area contributed by atoms with Gasteiger partial charge in [-0.25, -0.2) is 0 Å². The van der Waals surface area contributed by atoms with Gasteiger partial charge in [0.25, 0.3) is 0 Å². The summed E-state index contributed by atoms with van der Waals surface area (Å²) in [5, 5.41) is 20.4. The second-order valence-electron chi connectivity index (χ2n) is 7.43. The number of thiophene rings is 1. The number of allylic oxidation sites excluding steroid dienone is 5. The van der Waals surface area contributed by atoms with Gasteiger partial charge in [0.05, 0.1) is 0 Å². The summed E-state index contributed by atoms with van der Waals surface area (Å²) in [6.45, 7) is 1.97. The summed E-state index contributed by atoms with van der Waals surface area (Å²) in [4.78, 5) is 23.8. The molecule has 5 heteroatoms. The van der Waals surface area contributed by atoms with E-state index in [2.05, 4.69) is 0 Å². The van der Waals surface area contributed by atoms with Gasteiger partial charge in [-0.3, -0.25) is 9.59 Å². The lowest BCUT2D eigenvalue weighted by atomic mass is 9.87. The minimum Gasteiger partial charge on any atom is -0.481 e. The fraction of sp³-hybridized carbons (Fsp3) is 0.333. The van der Waals surface area contributed by atoms with Crippen LogP contribution in [0.4, 0.5) is 0 Å². The molecule has 0 unspecified atom stereocenters. The number of hydrogen-bond acceptors (Lipinski definition) is 4. The zero-order valence-corrected chi connectivity index (χ0v) is 17.3. The van der Waals surface area contributed by atoms with E-state index >= 15 is 0 Å². The number of carboxylic acid groups (broad SMARTS) is 1. The molecule has 0 aliphatic heterocycles. The number of fused-ring (bicyclic) bond motifs is 1. The third-order valence-corrected chi connectivity index (χ3v) is 6.46. The van der Waals surface area contributed by atoms with Gasteiger partial charge in [0.15, 0.2) is 5.78 Å². The Hall–Kier alpha value is -2.50. The van der Waals surface area contributed by atoms with Gasteiger partial charge in [0.2, 0.25) is 0 Å². The van der Waals surface area contributed by atoms with Crippen molar-refractivity contribution in [3.63, 3.8) is 0 Å². The summed E-state index contributed by atoms with van der Waals surface area (Å²) in [5.41, 5.74) is 1.05. The Balaban J connectivity index is 1.61. The monoisotopic (exact) mass is 410 g/mol. The quantitative estimate of drug-likeness (QED) is 0.426. The number of hydrogen-bond donors (Lipinski definition) is 2. The van der Waals surface area contributed by atoms with Gasteiger partial charge in [-0.2, -0.15) is 0 Å². The summed E-state index contributed by atoms with van der Waals surface area (Å²) in [6.07, 6.45) is 10.8. The highest BCUT2D eigenvalue weighted by Crippen LogP contribution is 2.35. The third kappa shape index (κ3) is 5.52. The van der Waals surface area contributed by atoms with Crippen LogP contribution < -0.4 is 0 Å². The van der Waals surface area contributed by atoms with Gasteiger partial charge in [0.1, 0.15) is 6.10 Å². The highest BCUT2D eigenvalue weighted by molar-refractivity contribution is 7.19. The molecule has 1 heterocycles. The molecule has 0 saturated carbocycles. The zero-order valence-electron chi connectivity index (χ0n) is 16.5. The fourth-order valence-electron chi connectivity index (χ4n) is 3.67. The number of aliphatic hydroxyl groups excluding tert-OH is 1. The number of rotatable bonds is 9. The molecule has 0 amide bonds. The molecule has 0 saturated heterocycles. The molecule has 1 aromatic carbocycles. The van der Waals surface area contributed by atoms with Gasteiger partial charge >= 0.3 is 5.97 Å². The molecule has 0 spiro atoms. The van der Waals surface area contributed by atoms with Crippen molar-refractivity contribution in [2.24, 2.45) is 11.8 Å². The van der Waals surface area contributed by atoms with Gasteiger partial charge in [0, 0.05) is 21.9 Å². The van der Waals surface area contributed by atoms with E-state index in [-0.39, 0.29) is 24.0 Å². The number of ketones is 1. The molecular weight excluding hydrogens is 384 g/mol. The van der Waals surface area contributed by atoms with Crippen molar-refractivity contribution >= 4 is 33.2 Å². The van der Waals surface area contributed by atoms with Crippen molar-refractivity contribution in [2.45, 2.75) is 38.7 Å². The Labute approximate surface area is 174 Å². The summed E-state index contributed by atoms with van der Waals surface area (Å²) in [7, 11) is 0. The highest BCUT2D eigenvalue weighted by atomic mass is 32.1. The lowest BCUT2D eigenvalue weighted by Gasteiger charge is -2.16. The second-order valence-corrected chi connectivity index (χ2v) is 8.55. The number of carbonyl (C=O) groups is 2. The van der Waals surface area contributed by atoms with E-state index in [1.165, 1.54) is 0 Å². The maximum absolute atomic E-state index is 12.4. The average Bonchev–Trinajstić information content (AvgIpc) is 3.23. The number of aliphatic carboxylic acids is 1. The highest BCUT2D eigenvalue weighted by Gasteiger charge is 2.31. The molecule has 0 radical (unpaired) electrons. The lowest BCUT2D eigenvalue weighted by Crippen LogP contribution is -2.14. The van der Waals surface area contributed by atoms with E-state index in [9.17, 15) is 14.7 Å². The SMILES string of the molecule is CC1=CC(=O)[C@H](C=C[C@@H](O)c2cc3ccccc3s2)[C@H]1CC=CCCCC(=O)O. The summed E-state index contributed by atoms with van der Waals surface area (Å²) < 4.78 is 1.13. The van der Waals surface area contributed by atoms with E-state index in [0.29, 0.717) is 6.42 Å². The van der Waals surface area contributed by atoms with Crippen molar-refractivity contribution < 1.29 is 19.8 Å². The molecule has 1 aliphatic carbocycles. The summed E-state index contributed by atoms with van der Waals surface area (Å²) >= 11 is 1.56. The molecule has 4 nitrogen and oxygen atoms in total. The molecule has 152 valence electrons. The van der Waals surface area contributed by atoms with Gasteiger partial charge in [-0.05, 0) is 55.7 Å². The van der Waals surface area contributed by atoms with Crippen molar-refractivity contribution in [3.8, 4) is 0 Å². The molecule has 0 bridgehead atoms. The average molecular weight is 411 g/mol. The van der Waals surface area contributed by atoms with E-state index in [4.69, 9.17) is 5.11 Å². The molecule has 2 aromatic rings. The van der Waals surface area contributed by atoms with Crippen LogP contribution in [0.15, 0.2) is 66.3 Å². The fourth-order valence-corrected chi connectivity index (χ4v) is 4.70. The van der Waals surface area contributed by atoms with Crippen LogP contribution in [0.25, 0.3) is 10.1 Å². The summed E-state index contributed by atoms with van der Waals surface area (Å²) in [5.74, 6) is -0.876. The van der Waals surface area contributed by atoms with Gasteiger partial charge < -0.3 is 10.2 Å². The number of carboxylic acids is 1. The van der Waals surface area contributed by atoms with Crippen LogP contribution >= 0.6 is 11.3 Å². The number of unbranched alkanes of at least 4 members (excludes halogenated alkanes) is 1. The first-order valence-electron chi connectivity index (χ1n) is 9.89. The molecule has 1 aromatic heterocycles. The molecule has 3 atom stereocenters. The second kappa shape index (κ2) is 9.81. The van der Waals surface area contributed by atoms with Crippen LogP contribution in [0.2, 0.25) is 0 Å². The molecule has 3 rings (SSSR count). The Morgan fingerprint density at radius 2 is 2.07 bits per heavy atom. The Kier molecular flexibility index (Phi) is 7.18. The first kappa shape index (κ1) is 21.2. The molecule has 2 N–H and O–H groups in total. The number of benzene rings is 1. The van der Waals surface area contributed by atoms with Crippen LogP contribution in [0, 0.1) is 11.8 Å². The Morgan fingerprint density at radius 3 is 2.83 bits per heavy atom. The third-order valence-electron chi connectivity index (χ3n) is 5.27. The first-order chi connectivity index (χ1) is 14.0. The van der Waals surface area contributed by atoms with Crippen LogP contribution in [-0.2, 0) is 9.59 Å². The van der Waals surface area contributed by atoms with Gasteiger partial charge in [-0.15, -0.1) is 11.3 Å². The standard InChI is InChI=1S/C24H26O4S/c1-16-14-21(26)19(18(16)9-4-2-3-5-11-24(27)28)12-13-20(25)23-15-17-8-6-7-10-22(17)29-23/h2,4,6-8,10,12-15,18-20,25H,3,5,9,11H2,1H3,(H,27,28)/t18-,19+,20+/m0/s1. The summed E-state index contributed by atoms with van der Waals surface area (Å²) in [6, 6.07) is 10.0. The van der Waals surface area contributed by atoms with Crippen LogP contribution in [0.1, 0.15) is 43.6 Å². The van der Waals surface area contributed by atoms with Crippen molar-refractivity contribution in [3.05, 3.63) is 71.2 Å². The smallest absolute Gasteiger partial charge is 0.303 e. The number of aliphatic hydroxyl groups is 1. The molecule has 1 aliphatic rings. The lowest BCUT2D eigenvalue weighted by molar-refractivity contribution is -0.137. The van der Waals surface area contributed by atoms with E-state index < -0.39 is 12.1 Å². The predicted octanol–water partition coefficient (Wildman–Crippen LogP) is 5.45. The maximum Gasteiger partial charge on any atom is 0.303 e. The zero-order chi connectivity index (χ0) is 20.8. The minimum atomic E-state index is -0.777. The van der Waals surface area contributed by atoms with E-state index in [1.807, 2.05) is 55.5 Å². The number of carbonyl (C=O) groups excluding carboxylic acids is 1. The van der Waals surface area contributed by atoms with Crippen molar-refractivity contribution in [2.75, 3.05) is 0 Å². The predicted molar refractivity (Wildman–Crippen MR) is 117 cm³/mol. The molecule has 0 fully saturated rings. The van der Waals surface area contributed by atoms with Crippen LogP contribution in [0.5, 0.6) is 0 Å². The van der Waals surface area contributed by atoms with Crippen molar-refractivity contribution in [1.82, 2.24) is 0 Å². The van der Waals surface area contributed by atoms with Crippen molar-refractivity contribution in [1.29, 1.82) is 0 Å².